The number of unbranched alkanes of at least 4 members (excludes halogenated alkanes) is 13. The molecule has 0 spiro atoms. The van der Waals surface area contributed by atoms with Gasteiger partial charge in [-0.25, -0.2) is 4.57 Å². The second-order valence-corrected chi connectivity index (χ2v) is 17.5. The minimum absolute atomic E-state index is 0.0801. The van der Waals surface area contributed by atoms with Gasteiger partial charge in [0.15, 0.2) is 0 Å². The highest BCUT2D eigenvalue weighted by atomic mass is 31.2. The van der Waals surface area contributed by atoms with Crippen molar-refractivity contribution in [1.29, 1.82) is 0 Å². The zero-order valence-corrected chi connectivity index (χ0v) is 38.6. The van der Waals surface area contributed by atoms with E-state index < -0.39 is 13.9 Å². The van der Waals surface area contributed by atoms with Gasteiger partial charge in [-0.1, -0.05) is 157 Å². The first-order valence-corrected chi connectivity index (χ1v) is 24.3. The van der Waals surface area contributed by atoms with Gasteiger partial charge >= 0.3 is 13.8 Å². The first-order chi connectivity index (χ1) is 28.1. The molecule has 0 saturated carbocycles. The van der Waals surface area contributed by atoms with E-state index in [0.717, 1.165) is 96.3 Å². The van der Waals surface area contributed by atoms with Gasteiger partial charge < -0.3 is 18.9 Å². The first kappa shape index (κ1) is 55.7. The molecule has 2 unspecified atom stereocenters. The Morgan fingerprint density at radius 3 is 1.52 bits per heavy atom. The monoisotopic (exact) mass is 833 g/mol. The Kier molecular flexibility index (Phi) is 39.8. The predicted octanol–water partition coefficient (Wildman–Crippen LogP) is 13.7. The van der Waals surface area contributed by atoms with Crippen LogP contribution in [0.2, 0.25) is 0 Å². The number of esters is 1. The van der Waals surface area contributed by atoms with Crippen LogP contribution >= 0.6 is 7.82 Å². The molecule has 0 bridgehead atoms. The number of hydrogen-bond acceptors (Lipinski definition) is 6. The van der Waals surface area contributed by atoms with E-state index in [-0.39, 0.29) is 25.8 Å². The van der Waals surface area contributed by atoms with E-state index in [1.54, 1.807) is 0 Å². The molecule has 0 amide bonds. The molecule has 58 heavy (non-hydrogen) atoms. The first-order valence-electron chi connectivity index (χ1n) is 22.8. The zero-order chi connectivity index (χ0) is 42.7. The number of phosphoric acid groups is 1. The summed E-state index contributed by atoms with van der Waals surface area (Å²) in [6, 6.07) is 0. The fourth-order valence-corrected chi connectivity index (χ4v) is 6.42. The molecule has 0 aliphatic carbocycles. The molecule has 0 heterocycles. The van der Waals surface area contributed by atoms with Crippen LogP contribution in [-0.2, 0) is 27.9 Å². The van der Waals surface area contributed by atoms with Crippen molar-refractivity contribution in [3.05, 3.63) is 85.1 Å². The third-order valence-electron chi connectivity index (χ3n) is 9.17. The van der Waals surface area contributed by atoms with Gasteiger partial charge in [0, 0.05) is 13.0 Å². The van der Waals surface area contributed by atoms with Crippen molar-refractivity contribution >= 4 is 13.8 Å². The van der Waals surface area contributed by atoms with Gasteiger partial charge in [-0.2, -0.15) is 0 Å². The van der Waals surface area contributed by atoms with E-state index in [4.69, 9.17) is 18.5 Å². The molecule has 0 aliphatic rings. The summed E-state index contributed by atoms with van der Waals surface area (Å²) in [4.78, 5) is 22.8. The topological polar surface area (TPSA) is 91.3 Å². The van der Waals surface area contributed by atoms with Crippen LogP contribution in [0, 0.1) is 0 Å². The molecular weight excluding hydrogens is 746 g/mol. The van der Waals surface area contributed by atoms with Crippen molar-refractivity contribution in [2.45, 2.75) is 168 Å². The number of likely N-dealkylation sites (N-methyl/N-ethyl adjacent to an activating group) is 1. The molecule has 334 valence electrons. The highest BCUT2D eigenvalue weighted by Crippen LogP contribution is 2.43. The Balaban J connectivity index is 4.15. The number of carbonyl (C=O) groups is 1. The highest BCUT2D eigenvalue weighted by Gasteiger charge is 2.26. The second-order valence-electron chi connectivity index (χ2n) is 16.0. The smallest absolute Gasteiger partial charge is 0.457 e. The molecule has 2 atom stereocenters. The van der Waals surface area contributed by atoms with E-state index in [1.807, 2.05) is 21.1 Å². The van der Waals surface area contributed by atoms with Gasteiger partial charge in [0.2, 0.25) is 0 Å². The van der Waals surface area contributed by atoms with E-state index in [9.17, 15) is 14.3 Å². The molecule has 0 fully saturated rings. The minimum Gasteiger partial charge on any atom is -0.457 e. The molecule has 1 N–H and O–H groups in total. The van der Waals surface area contributed by atoms with Gasteiger partial charge in [-0.05, 0) is 83.5 Å². The average molecular weight is 833 g/mol. The van der Waals surface area contributed by atoms with Gasteiger partial charge in [-0.15, -0.1) is 0 Å². The molecule has 0 aromatic heterocycles. The molecule has 8 nitrogen and oxygen atoms in total. The summed E-state index contributed by atoms with van der Waals surface area (Å²) in [6.07, 6.45) is 54.9. The number of quaternary nitrogens is 1. The van der Waals surface area contributed by atoms with Crippen LogP contribution in [0.5, 0.6) is 0 Å². The average Bonchev–Trinajstić information content (AvgIpc) is 3.18. The lowest BCUT2D eigenvalue weighted by Crippen LogP contribution is -2.37. The molecule has 0 saturated heterocycles. The number of phosphoric ester groups is 1. The summed E-state index contributed by atoms with van der Waals surface area (Å²) in [6.45, 7) is 5.38. The van der Waals surface area contributed by atoms with Gasteiger partial charge in [0.1, 0.15) is 19.3 Å². The van der Waals surface area contributed by atoms with Gasteiger partial charge in [0.05, 0.1) is 34.4 Å². The van der Waals surface area contributed by atoms with Crippen molar-refractivity contribution in [2.24, 2.45) is 0 Å². The SMILES string of the molecule is CC/C=C\C/C=C\C/C=C\C/C=C\C/C=C\C/C=C\CCCCCCCCCOCC(COP(=O)(O)OCC[N+](C)(C)C)OC(=O)CCCCCCC/C=C\CCC. The number of hydrogen-bond donors (Lipinski definition) is 1. The fourth-order valence-electron chi connectivity index (χ4n) is 5.67. The molecule has 0 rings (SSSR count). The summed E-state index contributed by atoms with van der Waals surface area (Å²) >= 11 is 0. The Labute approximate surface area is 356 Å². The lowest BCUT2D eigenvalue weighted by molar-refractivity contribution is -0.870. The lowest BCUT2D eigenvalue weighted by Gasteiger charge is -2.24. The van der Waals surface area contributed by atoms with Crippen LogP contribution in [0.3, 0.4) is 0 Å². The predicted molar refractivity (Wildman–Crippen MR) is 247 cm³/mol. The van der Waals surface area contributed by atoms with Crippen LogP contribution in [0.1, 0.15) is 162 Å². The van der Waals surface area contributed by atoms with Crippen molar-refractivity contribution in [2.75, 3.05) is 54.1 Å². The van der Waals surface area contributed by atoms with E-state index >= 15 is 0 Å². The number of ether oxygens (including phenoxy) is 2. The Bertz CT molecular complexity index is 1200. The fraction of sp³-hybridized carbons (Fsp3) is 0.694. The summed E-state index contributed by atoms with van der Waals surface area (Å²) in [5, 5.41) is 0. The van der Waals surface area contributed by atoms with Crippen molar-refractivity contribution in [3.8, 4) is 0 Å². The summed E-state index contributed by atoms with van der Waals surface area (Å²) < 4.78 is 34.9. The van der Waals surface area contributed by atoms with E-state index in [2.05, 4.69) is 98.9 Å². The van der Waals surface area contributed by atoms with Gasteiger partial charge in [0.25, 0.3) is 0 Å². The van der Waals surface area contributed by atoms with Crippen LogP contribution in [0.15, 0.2) is 85.1 Å². The standard InChI is InChI=1S/C49H86NO7P/c1-6-8-10-12-14-16-18-19-20-21-22-23-24-25-26-27-28-29-30-31-32-33-35-37-39-41-44-54-46-48(47-56-58(52,53)55-45-43-50(3,4)5)57-49(51)42-40-38-36-34-17-15-13-11-9-7-2/h8,10-11,13-14,16,19-20,22-23,25-26,28-29,48H,6-7,9,12,15,17-18,21,24,27,30-47H2,1-5H3/p+1/b10-8-,13-11-,16-14-,20-19-,23-22-,26-25-,29-28-. The molecule has 0 aromatic carbocycles. The van der Waals surface area contributed by atoms with Crippen LogP contribution in [-0.4, -0.2) is 75.6 Å². The van der Waals surface area contributed by atoms with E-state index in [1.165, 1.54) is 44.9 Å². The van der Waals surface area contributed by atoms with E-state index in [0.29, 0.717) is 24.1 Å². The summed E-state index contributed by atoms with van der Waals surface area (Å²) in [7, 11) is 1.64. The Morgan fingerprint density at radius 2 is 1.00 bits per heavy atom. The maximum absolute atomic E-state index is 12.6. The lowest BCUT2D eigenvalue weighted by atomic mass is 10.1. The molecule has 0 radical (unpaired) electrons. The zero-order valence-electron chi connectivity index (χ0n) is 37.8. The third-order valence-corrected chi connectivity index (χ3v) is 10.2. The van der Waals surface area contributed by atoms with Crippen molar-refractivity contribution < 1.29 is 37.3 Å². The largest absolute Gasteiger partial charge is 0.472 e. The number of rotatable bonds is 41. The van der Waals surface area contributed by atoms with Crippen LogP contribution in [0.25, 0.3) is 0 Å². The Morgan fingerprint density at radius 1 is 0.552 bits per heavy atom. The van der Waals surface area contributed by atoms with Crippen LogP contribution in [0.4, 0.5) is 0 Å². The normalized spacial score (nSPS) is 14.5. The maximum Gasteiger partial charge on any atom is 0.472 e. The van der Waals surface area contributed by atoms with Crippen molar-refractivity contribution in [3.63, 3.8) is 0 Å². The number of carbonyl (C=O) groups excluding carboxylic acids is 1. The highest BCUT2D eigenvalue weighted by molar-refractivity contribution is 7.47. The minimum atomic E-state index is -4.28. The number of nitrogens with zero attached hydrogens (tertiary/aromatic N) is 1. The van der Waals surface area contributed by atoms with Crippen LogP contribution < -0.4 is 0 Å². The number of allylic oxidation sites excluding steroid dienone is 14. The molecular formula is C49H87NO7P+. The molecule has 9 heteroatoms. The Hall–Kier alpha value is -2.32. The molecule has 0 aliphatic heterocycles. The maximum atomic E-state index is 12.6. The summed E-state index contributed by atoms with van der Waals surface area (Å²) in [5.74, 6) is -0.334. The second kappa shape index (κ2) is 41.4. The summed E-state index contributed by atoms with van der Waals surface area (Å²) in [5.41, 5.74) is 0. The molecule has 0 aromatic rings. The quantitative estimate of drug-likeness (QED) is 0.0216. The van der Waals surface area contributed by atoms with Crippen molar-refractivity contribution in [1.82, 2.24) is 0 Å². The van der Waals surface area contributed by atoms with Gasteiger partial charge in [-0.3, -0.25) is 13.8 Å². The third kappa shape index (κ3) is 44.8.